The van der Waals surface area contributed by atoms with Gasteiger partial charge in [0.25, 0.3) is 0 Å². The summed E-state index contributed by atoms with van der Waals surface area (Å²) in [5.41, 5.74) is 0.956. The molecule has 2 aliphatic rings. The lowest BCUT2D eigenvalue weighted by Gasteiger charge is -2.43. The van der Waals surface area contributed by atoms with Crippen LogP contribution in [0.15, 0.2) is 29.6 Å². The predicted octanol–water partition coefficient (Wildman–Crippen LogP) is 5.11. The van der Waals surface area contributed by atoms with Crippen molar-refractivity contribution < 1.29 is 9.53 Å². The predicted molar refractivity (Wildman–Crippen MR) is 126 cm³/mol. The fourth-order valence-corrected chi connectivity index (χ4v) is 5.56. The van der Waals surface area contributed by atoms with Crippen LogP contribution >= 0.6 is 11.3 Å². The minimum absolute atomic E-state index is 0.281. The summed E-state index contributed by atoms with van der Waals surface area (Å²) in [5.74, 6) is 0.720. The van der Waals surface area contributed by atoms with Crippen molar-refractivity contribution in [1.29, 1.82) is 0 Å². The molecule has 1 aromatic heterocycles. The van der Waals surface area contributed by atoms with E-state index in [-0.39, 0.29) is 12.1 Å². The monoisotopic (exact) mass is 429 g/mol. The summed E-state index contributed by atoms with van der Waals surface area (Å²) < 4.78 is 6.73. The Labute approximate surface area is 184 Å². The first-order valence-corrected chi connectivity index (χ1v) is 12.1. The van der Waals surface area contributed by atoms with Crippen molar-refractivity contribution in [2.24, 2.45) is 5.92 Å². The van der Waals surface area contributed by atoms with Gasteiger partial charge in [0.05, 0.1) is 0 Å². The zero-order chi connectivity index (χ0) is 21.3. The number of rotatable bonds is 5. The molecule has 0 spiro atoms. The number of nitrogens with zero attached hydrogens (tertiary/aromatic N) is 2. The molecule has 30 heavy (non-hydrogen) atoms. The molecule has 1 aliphatic heterocycles. The molecule has 2 aromatic rings. The maximum absolute atomic E-state index is 11.9. The van der Waals surface area contributed by atoms with E-state index in [1.807, 2.05) is 32.1 Å². The van der Waals surface area contributed by atoms with Crippen LogP contribution in [0.3, 0.4) is 0 Å². The summed E-state index contributed by atoms with van der Waals surface area (Å²) in [6, 6.07) is 9.73. The highest BCUT2D eigenvalue weighted by Crippen LogP contribution is 2.34. The lowest BCUT2D eigenvalue weighted by atomic mass is 9.78. The van der Waals surface area contributed by atoms with E-state index in [9.17, 15) is 4.79 Å². The van der Waals surface area contributed by atoms with E-state index in [2.05, 4.69) is 51.7 Å². The number of fused-ring (bicyclic) bond motifs is 1. The van der Waals surface area contributed by atoms with E-state index in [4.69, 9.17) is 4.74 Å². The maximum Gasteiger partial charge on any atom is 0.407 e. The smallest absolute Gasteiger partial charge is 0.407 e. The molecule has 0 unspecified atom stereocenters. The topological polar surface area (TPSA) is 44.8 Å². The Hall–Kier alpha value is -1.79. The number of anilines is 1. The van der Waals surface area contributed by atoms with Gasteiger partial charge in [-0.3, -0.25) is 4.90 Å². The summed E-state index contributed by atoms with van der Waals surface area (Å²) in [7, 11) is 0. The highest BCUT2D eigenvalue weighted by molar-refractivity contribution is 7.17. The zero-order valence-electron chi connectivity index (χ0n) is 18.7. The third kappa shape index (κ3) is 5.09. The molecule has 1 N–H and O–H groups in total. The van der Waals surface area contributed by atoms with Crippen LogP contribution in [0.5, 0.6) is 0 Å². The van der Waals surface area contributed by atoms with Crippen molar-refractivity contribution in [2.45, 2.75) is 64.6 Å². The molecule has 0 bridgehead atoms. The number of thiophene rings is 1. The van der Waals surface area contributed by atoms with Gasteiger partial charge in [-0.2, -0.15) is 0 Å². The number of amides is 1. The second-order valence-electron chi connectivity index (χ2n) is 9.92. The molecule has 164 valence electrons. The summed E-state index contributed by atoms with van der Waals surface area (Å²) >= 11 is 1.82. The number of carbonyl (C=O) groups excluding carboxylic acids is 1. The largest absolute Gasteiger partial charge is 0.444 e. The van der Waals surface area contributed by atoms with Crippen molar-refractivity contribution in [2.75, 3.05) is 31.1 Å². The van der Waals surface area contributed by atoms with Crippen LogP contribution in [0, 0.1) is 5.92 Å². The third-order valence-electron chi connectivity index (χ3n) is 6.30. The van der Waals surface area contributed by atoms with Crippen LogP contribution in [0.2, 0.25) is 0 Å². The van der Waals surface area contributed by atoms with Gasteiger partial charge in [0.2, 0.25) is 0 Å². The molecule has 1 saturated heterocycles. The number of benzene rings is 1. The van der Waals surface area contributed by atoms with Gasteiger partial charge in [0.15, 0.2) is 0 Å². The Balaban J connectivity index is 1.20. The van der Waals surface area contributed by atoms with Crippen LogP contribution in [0.4, 0.5) is 10.5 Å². The average Bonchev–Trinajstić information content (AvgIpc) is 3.11. The number of alkyl carbamates (subject to hydrolysis) is 1. The van der Waals surface area contributed by atoms with Crippen molar-refractivity contribution >= 4 is 33.2 Å². The lowest BCUT2D eigenvalue weighted by Crippen LogP contribution is -2.53. The molecule has 1 amide bonds. The fraction of sp³-hybridized carbons (Fsp3) is 0.625. The van der Waals surface area contributed by atoms with E-state index < -0.39 is 5.60 Å². The summed E-state index contributed by atoms with van der Waals surface area (Å²) in [4.78, 5) is 17.1. The number of carbonyl (C=O) groups is 1. The van der Waals surface area contributed by atoms with Crippen molar-refractivity contribution in [3.05, 3.63) is 29.6 Å². The minimum Gasteiger partial charge on any atom is -0.444 e. The standard InChI is InChI=1S/C24H35N3O2S/c1-17-16-26(10-8-18-14-19(15-18)25-23(28)29-24(2,3)4)11-12-27(17)21-6-5-7-22-20(21)9-13-30-22/h5-7,9,13,17-19H,8,10-12,14-16H2,1-4H3,(H,25,28)/t17-,18-,19+/m1/s1. The van der Waals surface area contributed by atoms with E-state index >= 15 is 0 Å². The summed E-state index contributed by atoms with van der Waals surface area (Å²) in [6.45, 7) is 12.5. The van der Waals surface area contributed by atoms with Gasteiger partial charge in [-0.1, -0.05) is 6.07 Å². The van der Waals surface area contributed by atoms with Gasteiger partial charge in [0.1, 0.15) is 5.60 Å². The lowest BCUT2D eigenvalue weighted by molar-refractivity contribution is 0.0444. The molecule has 1 atom stereocenters. The van der Waals surface area contributed by atoms with Crippen LogP contribution in [0.25, 0.3) is 10.1 Å². The van der Waals surface area contributed by atoms with E-state index in [0.29, 0.717) is 6.04 Å². The van der Waals surface area contributed by atoms with Crippen LogP contribution < -0.4 is 10.2 Å². The van der Waals surface area contributed by atoms with Crippen LogP contribution in [-0.2, 0) is 4.74 Å². The Morgan fingerprint density at radius 1 is 1.23 bits per heavy atom. The minimum atomic E-state index is -0.430. The molecule has 4 rings (SSSR count). The number of nitrogens with one attached hydrogen (secondary N) is 1. The average molecular weight is 430 g/mol. The van der Waals surface area contributed by atoms with Gasteiger partial charge < -0.3 is 15.0 Å². The van der Waals surface area contributed by atoms with E-state index in [1.165, 1.54) is 22.2 Å². The molecule has 1 aliphatic carbocycles. The molecule has 2 heterocycles. The van der Waals surface area contributed by atoms with Crippen LogP contribution in [-0.4, -0.2) is 54.9 Å². The van der Waals surface area contributed by atoms with Crippen LogP contribution in [0.1, 0.15) is 47.0 Å². The quantitative estimate of drug-likeness (QED) is 0.718. The van der Waals surface area contributed by atoms with E-state index in [0.717, 1.165) is 44.9 Å². The van der Waals surface area contributed by atoms with Gasteiger partial charge in [-0.05, 0) is 83.0 Å². The first-order chi connectivity index (χ1) is 14.3. The fourth-order valence-electron chi connectivity index (χ4n) is 4.75. The first-order valence-electron chi connectivity index (χ1n) is 11.2. The number of piperazine rings is 1. The third-order valence-corrected chi connectivity index (χ3v) is 7.19. The first kappa shape index (κ1) is 21.4. The van der Waals surface area contributed by atoms with E-state index in [1.54, 1.807) is 0 Å². The zero-order valence-corrected chi connectivity index (χ0v) is 19.5. The Bertz CT molecular complexity index is 869. The molecule has 1 aromatic carbocycles. The van der Waals surface area contributed by atoms with Crippen molar-refractivity contribution in [3.63, 3.8) is 0 Å². The van der Waals surface area contributed by atoms with Gasteiger partial charge in [-0.15, -0.1) is 11.3 Å². The molecule has 1 saturated carbocycles. The van der Waals surface area contributed by atoms with Gasteiger partial charge in [-0.25, -0.2) is 4.79 Å². The second kappa shape index (κ2) is 8.75. The molecule has 5 nitrogen and oxygen atoms in total. The van der Waals surface area contributed by atoms with Gasteiger partial charge in [0, 0.05) is 47.5 Å². The highest BCUT2D eigenvalue weighted by Gasteiger charge is 2.32. The Morgan fingerprint density at radius 3 is 2.77 bits per heavy atom. The highest BCUT2D eigenvalue weighted by atomic mass is 32.1. The second-order valence-corrected chi connectivity index (χ2v) is 10.9. The maximum atomic E-state index is 11.9. The summed E-state index contributed by atoms with van der Waals surface area (Å²) in [6.07, 6.45) is 3.10. The molecule has 0 radical (unpaired) electrons. The molecule has 2 fully saturated rings. The van der Waals surface area contributed by atoms with Crippen molar-refractivity contribution in [1.82, 2.24) is 10.2 Å². The Morgan fingerprint density at radius 2 is 2.03 bits per heavy atom. The van der Waals surface area contributed by atoms with Crippen molar-refractivity contribution in [3.8, 4) is 0 Å². The molecular formula is C24H35N3O2S. The Kier molecular flexibility index (Phi) is 6.26. The molecule has 6 heteroatoms. The summed E-state index contributed by atoms with van der Waals surface area (Å²) in [5, 5.41) is 6.59. The number of hydrogen-bond donors (Lipinski definition) is 1. The molecular weight excluding hydrogens is 394 g/mol. The number of hydrogen-bond acceptors (Lipinski definition) is 5. The SMILES string of the molecule is C[C@@H]1CN(CC[C@H]2C[C@@H](NC(=O)OC(C)(C)C)C2)CCN1c1cccc2sccc12. The number of ether oxygens (including phenoxy) is 1. The van der Waals surface area contributed by atoms with Gasteiger partial charge >= 0.3 is 6.09 Å². The normalized spacial score (nSPS) is 25.2.